The van der Waals surface area contributed by atoms with Crippen LogP contribution in [0.3, 0.4) is 0 Å². The van der Waals surface area contributed by atoms with Crippen molar-refractivity contribution in [1.82, 2.24) is 10.3 Å². The van der Waals surface area contributed by atoms with Crippen LogP contribution in [0.15, 0.2) is 65.3 Å². The number of nitrogens with zero attached hydrogens (tertiary/aromatic N) is 1. The van der Waals surface area contributed by atoms with Crippen molar-refractivity contribution in [3.63, 3.8) is 0 Å². The molecule has 4 aromatic rings. The Bertz CT molecular complexity index is 1370. The minimum atomic E-state index is -0.741. The first-order valence-corrected chi connectivity index (χ1v) is 13.0. The number of hydrogen-bond acceptors (Lipinski definition) is 6. The van der Waals surface area contributed by atoms with E-state index in [0.717, 1.165) is 32.1 Å². The van der Waals surface area contributed by atoms with E-state index in [9.17, 15) is 9.59 Å². The van der Waals surface area contributed by atoms with Crippen LogP contribution >= 0.6 is 11.3 Å². The lowest BCUT2D eigenvalue weighted by atomic mass is 9.98. The molecular weight excluding hydrogens is 486 g/mol. The molecular formula is C29H31N3O4S. The lowest BCUT2D eigenvalue weighted by Crippen LogP contribution is -2.35. The second kappa shape index (κ2) is 11.5. The summed E-state index contributed by atoms with van der Waals surface area (Å²) in [7, 11) is 0. The number of amides is 2. The predicted octanol–water partition coefficient (Wildman–Crippen LogP) is 5.44. The molecule has 2 aromatic heterocycles. The number of aromatic nitrogens is 1. The molecule has 3 N–H and O–H groups in total. The Morgan fingerprint density at radius 1 is 1.11 bits per heavy atom. The standard InChI is InChI=1S/C29H31N3O4S/c1-17(2)36-25(27(30)33)15-20-9-12-23(24-6-5-13-35-24)22(14-20)16-31-28(34)26-19(4)37-29(32-26)21-10-7-18(3)8-11-21/h5-14,17,25H,15-16H2,1-4H3,(H2,30,33)(H,31,34). The van der Waals surface area contributed by atoms with Crippen molar-refractivity contribution in [1.29, 1.82) is 0 Å². The molecule has 0 fully saturated rings. The van der Waals surface area contributed by atoms with Crippen molar-refractivity contribution < 1.29 is 18.7 Å². The van der Waals surface area contributed by atoms with Crippen LogP contribution in [0.1, 0.15) is 45.9 Å². The second-order valence-electron chi connectivity index (χ2n) is 9.22. The Morgan fingerprint density at radius 3 is 2.51 bits per heavy atom. The molecule has 0 radical (unpaired) electrons. The van der Waals surface area contributed by atoms with Gasteiger partial charge in [0.25, 0.3) is 5.91 Å². The smallest absolute Gasteiger partial charge is 0.271 e. The van der Waals surface area contributed by atoms with E-state index in [1.165, 1.54) is 16.9 Å². The summed E-state index contributed by atoms with van der Waals surface area (Å²) in [6.45, 7) is 7.92. The molecule has 0 aliphatic rings. The van der Waals surface area contributed by atoms with E-state index in [2.05, 4.69) is 10.3 Å². The second-order valence-corrected chi connectivity index (χ2v) is 10.4. The third-order valence-corrected chi connectivity index (χ3v) is 6.90. The van der Waals surface area contributed by atoms with Crippen LogP contribution in [0, 0.1) is 13.8 Å². The molecule has 0 aliphatic carbocycles. The number of carbonyl (C=O) groups excluding carboxylic acids is 2. The van der Waals surface area contributed by atoms with Gasteiger partial charge in [-0.15, -0.1) is 11.3 Å². The number of benzene rings is 2. The summed E-state index contributed by atoms with van der Waals surface area (Å²) < 4.78 is 11.3. The molecule has 2 amide bonds. The van der Waals surface area contributed by atoms with Crippen LogP contribution in [0.5, 0.6) is 0 Å². The molecule has 0 saturated carbocycles. The van der Waals surface area contributed by atoms with Gasteiger partial charge in [-0.25, -0.2) is 4.98 Å². The largest absolute Gasteiger partial charge is 0.464 e. The number of nitrogens with one attached hydrogen (secondary N) is 1. The molecule has 0 bridgehead atoms. The quantitative estimate of drug-likeness (QED) is 0.291. The molecule has 0 spiro atoms. The first kappa shape index (κ1) is 26.3. The zero-order valence-corrected chi connectivity index (χ0v) is 22.2. The minimum absolute atomic E-state index is 0.134. The van der Waals surface area contributed by atoms with Crippen molar-refractivity contribution in [3.05, 3.63) is 88.1 Å². The maximum atomic E-state index is 13.1. The number of thiazole rings is 1. The van der Waals surface area contributed by atoms with Gasteiger partial charge in [0.05, 0.1) is 12.4 Å². The van der Waals surface area contributed by atoms with Crippen molar-refractivity contribution in [3.8, 4) is 21.9 Å². The molecule has 37 heavy (non-hydrogen) atoms. The van der Waals surface area contributed by atoms with Gasteiger partial charge < -0.3 is 20.2 Å². The molecule has 8 heteroatoms. The van der Waals surface area contributed by atoms with Gasteiger partial charge in [-0.2, -0.15) is 0 Å². The Labute approximate surface area is 220 Å². The summed E-state index contributed by atoms with van der Waals surface area (Å²) in [5.41, 5.74) is 10.7. The first-order chi connectivity index (χ1) is 17.7. The van der Waals surface area contributed by atoms with E-state index in [0.29, 0.717) is 17.9 Å². The van der Waals surface area contributed by atoms with Crippen LogP contribution in [0.2, 0.25) is 0 Å². The summed E-state index contributed by atoms with van der Waals surface area (Å²) in [5, 5.41) is 3.82. The fourth-order valence-electron chi connectivity index (χ4n) is 4.04. The van der Waals surface area contributed by atoms with Crippen LogP contribution in [-0.2, 0) is 22.5 Å². The Morgan fingerprint density at radius 2 is 1.86 bits per heavy atom. The molecule has 192 valence electrons. The molecule has 4 rings (SSSR count). The number of carbonyl (C=O) groups is 2. The van der Waals surface area contributed by atoms with Crippen molar-refractivity contribution in [2.75, 3.05) is 0 Å². The predicted molar refractivity (Wildman–Crippen MR) is 145 cm³/mol. The molecule has 1 atom stereocenters. The van der Waals surface area contributed by atoms with Crippen molar-refractivity contribution in [2.24, 2.45) is 5.73 Å². The number of aryl methyl sites for hydroxylation is 2. The minimum Gasteiger partial charge on any atom is -0.464 e. The van der Waals surface area contributed by atoms with Gasteiger partial charge in [0.2, 0.25) is 5.91 Å². The maximum absolute atomic E-state index is 13.1. The number of hydrogen-bond donors (Lipinski definition) is 2. The molecule has 2 heterocycles. The van der Waals surface area contributed by atoms with E-state index in [1.807, 2.05) is 82.3 Å². The molecule has 0 aliphatic heterocycles. The van der Waals surface area contributed by atoms with Gasteiger partial charge in [-0.1, -0.05) is 48.0 Å². The maximum Gasteiger partial charge on any atom is 0.271 e. The molecule has 7 nitrogen and oxygen atoms in total. The summed E-state index contributed by atoms with van der Waals surface area (Å²) >= 11 is 1.50. The number of nitrogens with two attached hydrogens (primary N) is 1. The van der Waals surface area contributed by atoms with Crippen LogP contribution < -0.4 is 11.1 Å². The average Bonchev–Trinajstić information content (AvgIpc) is 3.52. The average molecular weight is 518 g/mol. The van der Waals surface area contributed by atoms with E-state index in [-0.39, 0.29) is 18.6 Å². The summed E-state index contributed by atoms with van der Waals surface area (Å²) in [6, 6.07) is 17.6. The van der Waals surface area contributed by atoms with Gasteiger partial charge in [-0.05, 0) is 51.0 Å². The molecule has 1 unspecified atom stereocenters. The van der Waals surface area contributed by atoms with Crippen molar-refractivity contribution >= 4 is 23.2 Å². The highest BCUT2D eigenvalue weighted by Crippen LogP contribution is 2.29. The highest BCUT2D eigenvalue weighted by molar-refractivity contribution is 7.15. The van der Waals surface area contributed by atoms with Crippen molar-refractivity contribution in [2.45, 2.75) is 52.9 Å². The van der Waals surface area contributed by atoms with Gasteiger partial charge in [0.1, 0.15) is 22.6 Å². The highest BCUT2D eigenvalue weighted by atomic mass is 32.1. The zero-order valence-electron chi connectivity index (χ0n) is 21.4. The highest BCUT2D eigenvalue weighted by Gasteiger charge is 2.21. The summed E-state index contributed by atoms with van der Waals surface area (Å²) in [4.78, 5) is 30.5. The number of rotatable bonds is 10. The third kappa shape index (κ3) is 6.53. The summed E-state index contributed by atoms with van der Waals surface area (Å²) in [6.07, 6.45) is 1.06. The number of furan rings is 1. The van der Waals surface area contributed by atoms with Gasteiger partial charge in [-0.3, -0.25) is 9.59 Å². The van der Waals surface area contributed by atoms with E-state index in [1.54, 1.807) is 6.26 Å². The fraction of sp³-hybridized carbons (Fsp3) is 0.276. The van der Waals surface area contributed by atoms with Gasteiger partial charge in [0, 0.05) is 29.0 Å². The fourth-order valence-corrected chi connectivity index (χ4v) is 4.95. The number of ether oxygens (including phenoxy) is 1. The Kier molecular flexibility index (Phi) is 8.21. The molecule has 0 saturated heterocycles. The Balaban J connectivity index is 1.56. The Hall–Kier alpha value is -3.75. The normalized spacial score (nSPS) is 12.0. The lowest BCUT2D eigenvalue weighted by molar-refractivity contribution is -0.132. The van der Waals surface area contributed by atoms with Crippen LogP contribution in [0.25, 0.3) is 21.9 Å². The van der Waals surface area contributed by atoms with Gasteiger partial charge >= 0.3 is 0 Å². The van der Waals surface area contributed by atoms with E-state index >= 15 is 0 Å². The van der Waals surface area contributed by atoms with E-state index in [4.69, 9.17) is 14.9 Å². The first-order valence-electron chi connectivity index (χ1n) is 12.1. The van der Waals surface area contributed by atoms with Crippen LogP contribution in [-0.4, -0.2) is 29.0 Å². The third-order valence-electron chi connectivity index (χ3n) is 5.88. The SMILES string of the molecule is Cc1ccc(-c2nc(C(=O)NCc3cc(CC(OC(C)C)C(N)=O)ccc3-c3ccco3)c(C)s2)cc1. The van der Waals surface area contributed by atoms with Gasteiger partial charge in [0.15, 0.2) is 0 Å². The monoisotopic (exact) mass is 517 g/mol. The number of primary amides is 1. The lowest BCUT2D eigenvalue weighted by Gasteiger charge is -2.18. The van der Waals surface area contributed by atoms with E-state index < -0.39 is 12.0 Å². The molecule has 2 aromatic carbocycles. The topological polar surface area (TPSA) is 107 Å². The summed E-state index contributed by atoms with van der Waals surface area (Å²) in [5.74, 6) is -0.0738. The van der Waals surface area contributed by atoms with Crippen LogP contribution in [0.4, 0.5) is 0 Å². The zero-order chi connectivity index (χ0) is 26.5.